The first-order valence-corrected chi connectivity index (χ1v) is 13.5. The molecule has 100 valence electrons. The summed E-state index contributed by atoms with van der Waals surface area (Å²) in [5, 5.41) is 1.42. The minimum atomic E-state index is -1.38. The van der Waals surface area contributed by atoms with Crippen LogP contribution < -0.4 is 9.92 Å². The van der Waals surface area contributed by atoms with Crippen LogP contribution in [-0.2, 0) is 0 Å². The fourth-order valence-electron chi connectivity index (χ4n) is 1.77. The molecular weight excluding hydrogens is 254 g/mol. The van der Waals surface area contributed by atoms with Gasteiger partial charge in [-0.05, 0) is 11.3 Å². The molecule has 4 heteroatoms. The maximum atomic E-state index is 5.42. The maximum Gasteiger partial charge on any atom is 0.220 e. The van der Waals surface area contributed by atoms with E-state index in [4.69, 9.17) is 4.74 Å². The predicted molar refractivity (Wildman–Crippen MR) is 86.1 cm³/mol. The standard InChI is InChI=1S/C14H25NOSi2/c1-16-14-12(9-11-17(2,3)4)13(8-10-15-14)18(5,6)7/h8-11H,1-7H3/b11-9-. The van der Waals surface area contributed by atoms with E-state index in [9.17, 15) is 0 Å². The van der Waals surface area contributed by atoms with Gasteiger partial charge in [-0.3, -0.25) is 0 Å². The normalized spacial score (nSPS) is 13.1. The molecule has 0 unspecified atom stereocenters. The summed E-state index contributed by atoms with van der Waals surface area (Å²) < 4.78 is 5.42. The molecule has 0 aliphatic rings. The van der Waals surface area contributed by atoms with Gasteiger partial charge in [-0.25, -0.2) is 4.98 Å². The molecule has 0 saturated carbocycles. The molecule has 0 saturated heterocycles. The molecule has 0 aliphatic heterocycles. The van der Waals surface area contributed by atoms with Crippen LogP contribution in [0.5, 0.6) is 5.88 Å². The number of rotatable bonds is 4. The van der Waals surface area contributed by atoms with Crippen molar-refractivity contribution >= 4 is 27.4 Å². The highest BCUT2D eigenvalue weighted by Gasteiger charge is 2.22. The summed E-state index contributed by atoms with van der Waals surface area (Å²) in [6.45, 7) is 14.1. The largest absolute Gasteiger partial charge is 0.481 e. The van der Waals surface area contributed by atoms with Gasteiger partial charge < -0.3 is 4.74 Å². The highest BCUT2D eigenvalue weighted by Crippen LogP contribution is 2.19. The van der Waals surface area contributed by atoms with E-state index in [0.717, 1.165) is 5.88 Å². The Kier molecular flexibility index (Phi) is 4.56. The lowest BCUT2D eigenvalue weighted by Crippen LogP contribution is -2.39. The van der Waals surface area contributed by atoms with E-state index in [-0.39, 0.29) is 0 Å². The summed E-state index contributed by atoms with van der Waals surface area (Å²) >= 11 is 0. The van der Waals surface area contributed by atoms with E-state index < -0.39 is 16.1 Å². The molecule has 2 nitrogen and oxygen atoms in total. The Balaban J connectivity index is 3.34. The van der Waals surface area contributed by atoms with Crippen molar-refractivity contribution in [1.82, 2.24) is 4.98 Å². The lowest BCUT2D eigenvalue weighted by atomic mass is 10.2. The topological polar surface area (TPSA) is 22.1 Å². The average Bonchev–Trinajstić information content (AvgIpc) is 2.23. The molecule has 0 fully saturated rings. The van der Waals surface area contributed by atoms with Crippen LogP contribution in [0.2, 0.25) is 39.3 Å². The number of nitrogens with zero attached hydrogens (tertiary/aromatic N) is 1. The SMILES string of the molecule is COc1nccc([Si](C)(C)C)c1/C=C\[Si](C)(C)C. The Morgan fingerprint density at radius 3 is 2.17 bits per heavy atom. The number of pyridine rings is 1. The monoisotopic (exact) mass is 279 g/mol. The summed E-state index contributed by atoms with van der Waals surface area (Å²) in [7, 11) is -0.887. The highest BCUT2D eigenvalue weighted by molar-refractivity contribution is 6.89. The molecule has 1 heterocycles. The van der Waals surface area contributed by atoms with Crippen molar-refractivity contribution in [3.63, 3.8) is 0 Å². The van der Waals surface area contributed by atoms with E-state index in [1.54, 1.807) is 7.11 Å². The van der Waals surface area contributed by atoms with Gasteiger partial charge in [0.15, 0.2) is 0 Å². The van der Waals surface area contributed by atoms with Crippen molar-refractivity contribution in [2.24, 2.45) is 0 Å². The Morgan fingerprint density at radius 1 is 1.11 bits per heavy atom. The van der Waals surface area contributed by atoms with Crippen LogP contribution >= 0.6 is 0 Å². The van der Waals surface area contributed by atoms with Gasteiger partial charge in [-0.15, -0.1) is 0 Å². The predicted octanol–water partition coefficient (Wildman–Crippen LogP) is 3.53. The van der Waals surface area contributed by atoms with Crippen molar-refractivity contribution in [3.05, 3.63) is 23.5 Å². The van der Waals surface area contributed by atoms with Gasteiger partial charge in [0.25, 0.3) is 0 Å². The fraction of sp³-hybridized carbons (Fsp3) is 0.500. The zero-order valence-electron chi connectivity index (χ0n) is 12.7. The number of methoxy groups -OCH3 is 1. The summed E-state index contributed by atoms with van der Waals surface area (Å²) in [6, 6.07) is 2.15. The van der Waals surface area contributed by atoms with E-state index in [1.165, 1.54) is 10.8 Å². The van der Waals surface area contributed by atoms with Gasteiger partial charge in [-0.1, -0.05) is 51.1 Å². The molecule has 0 aromatic carbocycles. The quantitative estimate of drug-likeness (QED) is 0.787. The van der Waals surface area contributed by atoms with Gasteiger partial charge in [0.05, 0.1) is 23.3 Å². The molecule has 0 radical (unpaired) electrons. The molecule has 1 aromatic rings. The van der Waals surface area contributed by atoms with Crippen molar-refractivity contribution in [2.75, 3.05) is 7.11 Å². The van der Waals surface area contributed by atoms with Gasteiger partial charge in [0.1, 0.15) is 0 Å². The van der Waals surface area contributed by atoms with Crippen LogP contribution in [0.3, 0.4) is 0 Å². The average molecular weight is 280 g/mol. The second kappa shape index (κ2) is 5.40. The van der Waals surface area contributed by atoms with Crippen LogP contribution in [0.4, 0.5) is 0 Å². The van der Waals surface area contributed by atoms with Crippen LogP contribution in [0.15, 0.2) is 18.0 Å². The zero-order chi connectivity index (χ0) is 14.0. The second-order valence-electron chi connectivity index (χ2n) is 6.73. The number of hydrogen-bond donors (Lipinski definition) is 0. The molecule has 0 amide bonds. The second-order valence-corrected chi connectivity index (χ2v) is 16.8. The molecule has 18 heavy (non-hydrogen) atoms. The van der Waals surface area contributed by atoms with Crippen molar-refractivity contribution in [1.29, 1.82) is 0 Å². The van der Waals surface area contributed by atoms with Gasteiger partial charge >= 0.3 is 0 Å². The lowest BCUT2D eigenvalue weighted by Gasteiger charge is -2.21. The van der Waals surface area contributed by atoms with Crippen LogP contribution in [0.1, 0.15) is 5.56 Å². The molecule has 0 aliphatic carbocycles. The zero-order valence-corrected chi connectivity index (χ0v) is 14.7. The van der Waals surface area contributed by atoms with Crippen LogP contribution in [0, 0.1) is 0 Å². The molecule has 0 spiro atoms. The third-order valence-electron chi connectivity index (χ3n) is 2.70. The fourth-order valence-corrected chi connectivity index (χ4v) is 4.00. The first kappa shape index (κ1) is 15.2. The molecule has 1 rings (SSSR count). The van der Waals surface area contributed by atoms with E-state index in [1.807, 2.05) is 6.20 Å². The van der Waals surface area contributed by atoms with Gasteiger partial charge in [0, 0.05) is 11.8 Å². The third kappa shape index (κ3) is 4.10. The number of ether oxygens (including phenoxy) is 1. The van der Waals surface area contributed by atoms with Gasteiger partial charge in [-0.2, -0.15) is 0 Å². The number of aromatic nitrogens is 1. The molecule has 0 N–H and O–H groups in total. The molecule has 0 bridgehead atoms. The lowest BCUT2D eigenvalue weighted by molar-refractivity contribution is 0.397. The molecule has 0 atom stereocenters. The Morgan fingerprint density at radius 2 is 1.72 bits per heavy atom. The third-order valence-corrected chi connectivity index (χ3v) is 5.92. The minimum Gasteiger partial charge on any atom is -0.481 e. The Hall–Kier alpha value is -0.876. The summed E-state index contributed by atoms with van der Waals surface area (Å²) in [5.41, 5.74) is 3.54. The highest BCUT2D eigenvalue weighted by atomic mass is 28.3. The Labute approximate surface area is 113 Å². The van der Waals surface area contributed by atoms with Crippen molar-refractivity contribution in [2.45, 2.75) is 39.3 Å². The van der Waals surface area contributed by atoms with Crippen LogP contribution in [-0.4, -0.2) is 28.2 Å². The summed E-state index contributed by atoms with van der Waals surface area (Å²) in [5.74, 6) is 0.754. The van der Waals surface area contributed by atoms with Crippen LogP contribution in [0.25, 0.3) is 6.08 Å². The van der Waals surface area contributed by atoms with E-state index in [2.05, 4.69) is 62.1 Å². The number of hydrogen-bond acceptors (Lipinski definition) is 2. The van der Waals surface area contributed by atoms with E-state index >= 15 is 0 Å². The molecule has 1 aromatic heterocycles. The summed E-state index contributed by atoms with van der Waals surface area (Å²) in [6.07, 6.45) is 4.09. The maximum absolute atomic E-state index is 5.42. The smallest absolute Gasteiger partial charge is 0.220 e. The van der Waals surface area contributed by atoms with Crippen molar-refractivity contribution < 1.29 is 4.74 Å². The molecular formula is C14H25NOSi2. The van der Waals surface area contributed by atoms with Gasteiger partial charge in [0.2, 0.25) is 5.88 Å². The summed E-state index contributed by atoms with van der Waals surface area (Å²) in [4.78, 5) is 4.34. The first-order chi connectivity index (χ1) is 8.15. The van der Waals surface area contributed by atoms with E-state index in [0.29, 0.717) is 0 Å². The van der Waals surface area contributed by atoms with Crippen molar-refractivity contribution in [3.8, 4) is 5.88 Å². The first-order valence-electron chi connectivity index (χ1n) is 6.38. The Bertz CT molecular complexity index is 442. The minimum absolute atomic E-state index is 0.754.